The summed E-state index contributed by atoms with van der Waals surface area (Å²) in [6.07, 6.45) is 6.03. The maximum atomic E-state index is 12.6. The topological polar surface area (TPSA) is 124 Å². The van der Waals surface area contributed by atoms with Gasteiger partial charge in [0.25, 0.3) is 0 Å². The molecule has 0 saturated carbocycles. The summed E-state index contributed by atoms with van der Waals surface area (Å²) in [5, 5.41) is 24.9. The first-order valence-corrected chi connectivity index (χ1v) is 16.6. The lowest BCUT2D eigenvalue weighted by Gasteiger charge is -2.03. The van der Waals surface area contributed by atoms with Crippen LogP contribution in [-0.4, -0.2) is 53.6 Å². The number of rotatable bonds is 13. The summed E-state index contributed by atoms with van der Waals surface area (Å²) >= 11 is 4.72. The van der Waals surface area contributed by atoms with Gasteiger partial charge in [-0.05, 0) is 59.0 Å². The van der Waals surface area contributed by atoms with Crippen LogP contribution in [0.2, 0.25) is 0 Å². The minimum atomic E-state index is -0.121. The van der Waals surface area contributed by atoms with E-state index in [2.05, 4.69) is 35.7 Å². The number of amides is 1. The molecule has 12 heteroatoms. The normalized spacial score (nSPS) is 11.3. The van der Waals surface area contributed by atoms with Gasteiger partial charge in [0.15, 0.2) is 0 Å². The third-order valence-electron chi connectivity index (χ3n) is 6.59. The molecule has 0 bridgehead atoms. The molecule has 0 aliphatic rings. The van der Waals surface area contributed by atoms with Gasteiger partial charge in [0, 0.05) is 42.4 Å². The summed E-state index contributed by atoms with van der Waals surface area (Å²) in [6, 6.07) is 19.5. The van der Waals surface area contributed by atoms with Crippen molar-refractivity contribution in [2.75, 3.05) is 16.8 Å². The van der Waals surface area contributed by atoms with Crippen molar-refractivity contribution in [3.05, 3.63) is 99.2 Å². The maximum Gasteiger partial charge on any atom is 0.230 e. The molecule has 0 radical (unpaired) electrons. The van der Waals surface area contributed by atoms with Gasteiger partial charge in [-0.15, -0.1) is 31.7 Å². The van der Waals surface area contributed by atoms with E-state index in [1.807, 2.05) is 72.4 Å². The van der Waals surface area contributed by atoms with Gasteiger partial charge < -0.3 is 5.32 Å². The van der Waals surface area contributed by atoms with E-state index in [0.29, 0.717) is 18.0 Å². The van der Waals surface area contributed by atoms with E-state index >= 15 is 0 Å². The average molecular weight is 626 g/mol. The van der Waals surface area contributed by atoms with Gasteiger partial charge in [0.2, 0.25) is 11.0 Å². The Morgan fingerprint density at radius 3 is 1.98 bits per heavy atom. The number of carbonyl (C=O) groups is 2. The number of pyridine rings is 2. The number of nitrogens with zero attached hydrogens (tertiary/aromatic N) is 6. The highest BCUT2D eigenvalue weighted by Gasteiger charge is 2.12. The number of Topliss-reactive ketones (excluding diaryl/α,β-unsaturated/α-hetero) is 1. The second-order valence-electron chi connectivity index (χ2n) is 9.88. The summed E-state index contributed by atoms with van der Waals surface area (Å²) in [5.74, 6) is 1.79. The third-order valence-corrected chi connectivity index (χ3v) is 9.46. The predicted octanol–water partition coefficient (Wildman–Crippen LogP) is 5.54. The number of thioether (sulfide) groups is 1. The molecule has 0 spiro atoms. The van der Waals surface area contributed by atoms with Crippen LogP contribution in [0, 0.1) is 0 Å². The summed E-state index contributed by atoms with van der Waals surface area (Å²) in [7, 11) is 0. The summed E-state index contributed by atoms with van der Waals surface area (Å²) < 4.78 is 0. The predicted molar refractivity (Wildman–Crippen MR) is 173 cm³/mol. The second kappa shape index (κ2) is 13.9. The number of anilines is 1. The van der Waals surface area contributed by atoms with Crippen molar-refractivity contribution in [1.82, 2.24) is 30.4 Å². The molecule has 9 nitrogen and oxygen atoms in total. The van der Waals surface area contributed by atoms with Crippen molar-refractivity contribution >= 4 is 73.1 Å². The van der Waals surface area contributed by atoms with E-state index < -0.39 is 0 Å². The Balaban J connectivity index is 0.888. The van der Waals surface area contributed by atoms with Crippen molar-refractivity contribution in [1.29, 1.82) is 0 Å². The Labute approximate surface area is 260 Å². The molecule has 0 atom stereocenters. The van der Waals surface area contributed by atoms with E-state index in [9.17, 15) is 9.59 Å². The molecule has 2 aromatic carbocycles. The van der Waals surface area contributed by atoms with Gasteiger partial charge in [-0.3, -0.25) is 19.6 Å². The van der Waals surface area contributed by atoms with E-state index in [-0.39, 0.29) is 18.1 Å². The molecule has 1 N–H and O–H groups in total. The van der Waals surface area contributed by atoms with Crippen molar-refractivity contribution in [2.24, 2.45) is 0 Å². The van der Waals surface area contributed by atoms with Crippen LogP contribution in [0.1, 0.15) is 26.1 Å². The maximum absolute atomic E-state index is 12.6. The number of hydrogen-bond acceptors (Lipinski definition) is 11. The SMILES string of the molecule is O=C(Cc1ccc2ncccc2c1)Cc1nnc(CCSCCc2nnc(NC(=O)Cc3ccc4ncccc4c3)s2)s1. The van der Waals surface area contributed by atoms with Crippen LogP contribution in [0.3, 0.4) is 0 Å². The monoisotopic (exact) mass is 625 g/mol. The lowest BCUT2D eigenvalue weighted by molar-refractivity contribution is -0.118. The van der Waals surface area contributed by atoms with Crippen molar-refractivity contribution in [3.63, 3.8) is 0 Å². The van der Waals surface area contributed by atoms with Crippen molar-refractivity contribution in [2.45, 2.75) is 32.1 Å². The smallest absolute Gasteiger partial charge is 0.230 e. The van der Waals surface area contributed by atoms with Gasteiger partial charge in [-0.2, -0.15) is 11.8 Å². The molecule has 4 heterocycles. The largest absolute Gasteiger partial charge is 0.300 e. The lowest BCUT2D eigenvalue weighted by atomic mass is 10.0. The fraction of sp³-hybridized carbons (Fsp3) is 0.226. The first-order chi connectivity index (χ1) is 21.1. The van der Waals surface area contributed by atoms with Gasteiger partial charge >= 0.3 is 0 Å². The highest BCUT2D eigenvalue weighted by atomic mass is 32.2. The van der Waals surface area contributed by atoms with Crippen LogP contribution < -0.4 is 5.32 Å². The van der Waals surface area contributed by atoms with E-state index in [4.69, 9.17) is 0 Å². The van der Waals surface area contributed by atoms with Gasteiger partial charge in [0.05, 0.1) is 23.9 Å². The number of aryl methyl sites for hydroxylation is 2. The standard InChI is InChI=1S/C31H27N7O2S3/c39-24(17-20-5-7-25-22(15-20)3-1-11-32-25)19-30-37-35-28(42-30)9-13-41-14-10-29-36-38-31(43-29)34-27(40)18-21-6-8-26-23(16-21)4-2-12-33-26/h1-8,11-12,15-16H,9-10,13-14,17-19H2,(H,34,38,40). The van der Waals surface area contributed by atoms with Crippen LogP contribution in [0.25, 0.3) is 21.8 Å². The molecule has 1 amide bonds. The third kappa shape index (κ3) is 8.04. The fourth-order valence-corrected chi connectivity index (χ4v) is 7.33. The molecule has 4 aromatic heterocycles. The van der Waals surface area contributed by atoms with Gasteiger partial charge in [-0.1, -0.05) is 35.6 Å². The van der Waals surface area contributed by atoms with Crippen molar-refractivity contribution in [3.8, 4) is 0 Å². The number of fused-ring (bicyclic) bond motifs is 2. The molecule has 0 saturated heterocycles. The van der Waals surface area contributed by atoms with E-state index in [0.717, 1.165) is 72.3 Å². The Bertz CT molecular complexity index is 1750. The number of nitrogens with one attached hydrogen (secondary N) is 1. The number of aromatic nitrogens is 6. The number of ketones is 1. The molecular weight excluding hydrogens is 599 g/mol. The Kier molecular flexibility index (Phi) is 9.36. The first kappa shape index (κ1) is 29.0. The number of benzene rings is 2. The fourth-order valence-electron chi connectivity index (χ4n) is 4.56. The van der Waals surface area contributed by atoms with Crippen LogP contribution >= 0.6 is 34.4 Å². The van der Waals surface area contributed by atoms with Crippen LogP contribution in [-0.2, 0) is 41.7 Å². The van der Waals surface area contributed by atoms with Crippen LogP contribution in [0.4, 0.5) is 5.13 Å². The van der Waals surface area contributed by atoms with Crippen molar-refractivity contribution < 1.29 is 9.59 Å². The molecule has 0 fully saturated rings. The average Bonchev–Trinajstić information content (AvgIpc) is 3.65. The summed E-state index contributed by atoms with van der Waals surface area (Å²) in [4.78, 5) is 33.8. The summed E-state index contributed by atoms with van der Waals surface area (Å²) in [6.45, 7) is 0. The first-order valence-electron chi connectivity index (χ1n) is 13.8. The Morgan fingerprint density at radius 2 is 1.28 bits per heavy atom. The van der Waals surface area contributed by atoms with Gasteiger partial charge in [0.1, 0.15) is 20.8 Å². The van der Waals surface area contributed by atoms with Crippen LogP contribution in [0.5, 0.6) is 0 Å². The lowest BCUT2D eigenvalue weighted by Crippen LogP contribution is -2.14. The highest BCUT2D eigenvalue weighted by molar-refractivity contribution is 7.99. The quantitative estimate of drug-likeness (QED) is 0.165. The summed E-state index contributed by atoms with van der Waals surface area (Å²) in [5.41, 5.74) is 3.74. The molecule has 0 aliphatic carbocycles. The molecule has 43 heavy (non-hydrogen) atoms. The zero-order chi connectivity index (χ0) is 29.4. The molecule has 0 unspecified atom stereocenters. The van der Waals surface area contributed by atoms with Gasteiger partial charge in [-0.25, -0.2) is 0 Å². The van der Waals surface area contributed by atoms with Crippen LogP contribution in [0.15, 0.2) is 73.1 Å². The zero-order valence-corrected chi connectivity index (χ0v) is 25.6. The minimum absolute atomic E-state index is 0.121. The molecule has 0 aliphatic heterocycles. The zero-order valence-electron chi connectivity index (χ0n) is 23.1. The minimum Gasteiger partial charge on any atom is -0.300 e. The highest BCUT2D eigenvalue weighted by Crippen LogP contribution is 2.20. The number of carbonyl (C=O) groups excluding carboxylic acids is 2. The molecule has 6 aromatic rings. The molecular formula is C31H27N7O2S3. The Hall–Kier alpha value is -4.13. The molecule has 216 valence electrons. The molecule has 6 rings (SSSR count). The Morgan fingerprint density at radius 1 is 0.674 bits per heavy atom. The number of hydrogen-bond donors (Lipinski definition) is 1. The second-order valence-corrected chi connectivity index (χ2v) is 13.3. The van der Waals surface area contributed by atoms with E-state index in [1.165, 1.54) is 22.7 Å². The van der Waals surface area contributed by atoms with E-state index in [1.54, 1.807) is 12.4 Å².